The number of hydrogen-bond donors (Lipinski definition) is 1. The molecule has 0 aliphatic carbocycles. The first-order valence-electron chi connectivity index (χ1n) is 8.17. The normalized spacial score (nSPS) is 10.9. The van der Waals surface area contributed by atoms with Crippen LogP contribution in [0.25, 0.3) is 16.0 Å². The third-order valence-corrected chi connectivity index (χ3v) is 5.17. The molecule has 0 amide bonds. The number of nitrogens with zero attached hydrogens (tertiary/aromatic N) is 4. The highest BCUT2D eigenvalue weighted by molar-refractivity contribution is 7.19. The second kappa shape index (κ2) is 7.53. The van der Waals surface area contributed by atoms with Crippen molar-refractivity contribution >= 4 is 39.4 Å². The van der Waals surface area contributed by atoms with Crippen LogP contribution in [0.4, 0.5) is 10.9 Å². The number of nitrogens with one attached hydrogen (secondary N) is 1. The van der Waals surface area contributed by atoms with Gasteiger partial charge in [-0.25, -0.2) is 9.50 Å². The van der Waals surface area contributed by atoms with Crippen LogP contribution in [0, 0.1) is 0 Å². The number of halogens is 1. The van der Waals surface area contributed by atoms with E-state index < -0.39 is 0 Å². The molecule has 0 atom stereocenters. The first kappa shape index (κ1) is 18.3. The molecule has 0 spiro atoms. The molecule has 0 aliphatic rings. The van der Waals surface area contributed by atoms with E-state index in [1.165, 1.54) is 11.3 Å². The highest BCUT2D eigenvalue weighted by atomic mass is 35.5. The Morgan fingerprint density at radius 1 is 1.11 bits per heavy atom. The van der Waals surface area contributed by atoms with E-state index in [4.69, 9.17) is 25.8 Å². The Balaban J connectivity index is 1.69. The van der Waals surface area contributed by atoms with E-state index in [0.717, 1.165) is 16.0 Å². The molecule has 144 valence electrons. The van der Waals surface area contributed by atoms with Gasteiger partial charge in [0.1, 0.15) is 5.52 Å². The molecule has 0 saturated heterocycles. The van der Waals surface area contributed by atoms with Gasteiger partial charge in [-0.2, -0.15) is 4.98 Å². The predicted octanol–water partition coefficient (Wildman–Crippen LogP) is 4.28. The molecule has 10 heteroatoms. The molecule has 1 aromatic carbocycles. The van der Waals surface area contributed by atoms with Gasteiger partial charge in [-0.15, -0.1) is 5.10 Å². The lowest BCUT2D eigenvalue weighted by Gasteiger charge is -2.13. The third kappa shape index (κ3) is 3.30. The standard InChI is InChI=1S/C18H16ClN5O3S/c1-25-12-7-10(8-13(26-2)15(12)27-3)14-9-20-18(28-14)22-16-11-5-4-6-24(11)23-17(19)21-16/h4-9H,1-3H3,(H,20,21,22,23). The Morgan fingerprint density at radius 3 is 2.54 bits per heavy atom. The quantitative estimate of drug-likeness (QED) is 0.501. The van der Waals surface area contributed by atoms with Crippen LogP contribution in [0.15, 0.2) is 36.7 Å². The Kier molecular flexibility index (Phi) is 4.93. The Morgan fingerprint density at radius 2 is 1.86 bits per heavy atom. The fourth-order valence-corrected chi connectivity index (χ4v) is 3.76. The molecule has 4 aromatic rings. The second-order valence-electron chi connectivity index (χ2n) is 5.64. The highest BCUT2D eigenvalue weighted by Gasteiger charge is 2.16. The van der Waals surface area contributed by atoms with Gasteiger partial charge < -0.3 is 19.5 Å². The monoisotopic (exact) mass is 417 g/mol. The zero-order valence-corrected chi connectivity index (χ0v) is 16.8. The van der Waals surface area contributed by atoms with E-state index in [0.29, 0.717) is 28.2 Å². The minimum atomic E-state index is 0.146. The van der Waals surface area contributed by atoms with Gasteiger partial charge in [-0.1, -0.05) is 11.3 Å². The van der Waals surface area contributed by atoms with Gasteiger partial charge in [0.05, 0.1) is 26.2 Å². The maximum atomic E-state index is 6.00. The summed E-state index contributed by atoms with van der Waals surface area (Å²) < 4.78 is 17.9. The summed E-state index contributed by atoms with van der Waals surface area (Å²) in [6.07, 6.45) is 3.57. The maximum absolute atomic E-state index is 6.00. The largest absolute Gasteiger partial charge is 0.493 e. The summed E-state index contributed by atoms with van der Waals surface area (Å²) in [4.78, 5) is 9.63. The molecule has 4 rings (SSSR count). The molecule has 28 heavy (non-hydrogen) atoms. The van der Waals surface area contributed by atoms with Gasteiger partial charge in [0.15, 0.2) is 22.4 Å². The van der Waals surface area contributed by atoms with Crippen LogP contribution < -0.4 is 19.5 Å². The number of hydrogen-bond acceptors (Lipinski definition) is 8. The van der Waals surface area contributed by atoms with Crippen molar-refractivity contribution in [2.24, 2.45) is 0 Å². The fraction of sp³-hybridized carbons (Fsp3) is 0.167. The lowest BCUT2D eigenvalue weighted by molar-refractivity contribution is 0.324. The van der Waals surface area contributed by atoms with Crippen molar-refractivity contribution in [2.45, 2.75) is 0 Å². The fourth-order valence-electron chi connectivity index (χ4n) is 2.79. The van der Waals surface area contributed by atoms with Gasteiger partial charge in [0, 0.05) is 18.0 Å². The number of anilines is 2. The average Bonchev–Trinajstić information content (AvgIpc) is 3.36. The van der Waals surface area contributed by atoms with Crippen LogP contribution in [-0.2, 0) is 0 Å². The average molecular weight is 418 g/mol. The van der Waals surface area contributed by atoms with Crippen molar-refractivity contribution in [1.29, 1.82) is 0 Å². The first-order valence-corrected chi connectivity index (χ1v) is 9.36. The van der Waals surface area contributed by atoms with Crippen molar-refractivity contribution in [3.05, 3.63) is 41.9 Å². The molecule has 8 nitrogen and oxygen atoms in total. The van der Waals surface area contributed by atoms with Crippen LogP contribution >= 0.6 is 22.9 Å². The molecule has 0 radical (unpaired) electrons. The number of rotatable bonds is 6. The van der Waals surface area contributed by atoms with Gasteiger partial charge in [-0.05, 0) is 35.9 Å². The molecule has 0 bridgehead atoms. The first-order chi connectivity index (χ1) is 13.6. The van der Waals surface area contributed by atoms with Crippen LogP contribution in [0.2, 0.25) is 5.28 Å². The van der Waals surface area contributed by atoms with Crippen LogP contribution in [-0.4, -0.2) is 40.9 Å². The van der Waals surface area contributed by atoms with Crippen molar-refractivity contribution < 1.29 is 14.2 Å². The van der Waals surface area contributed by atoms with Crippen molar-refractivity contribution in [3.8, 4) is 27.7 Å². The Hall–Kier alpha value is -3.04. The summed E-state index contributed by atoms with van der Waals surface area (Å²) >= 11 is 7.47. The number of fused-ring (bicyclic) bond motifs is 1. The SMILES string of the molecule is COc1cc(-c2cnc(Nc3nc(Cl)nn4cccc34)s2)cc(OC)c1OC. The lowest BCUT2D eigenvalue weighted by Crippen LogP contribution is -2.00. The number of thiazole rings is 1. The van der Waals surface area contributed by atoms with Crippen LogP contribution in [0.1, 0.15) is 0 Å². The third-order valence-electron chi connectivity index (χ3n) is 4.05. The van der Waals surface area contributed by atoms with Gasteiger partial charge in [0.25, 0.3) is 0 Å². The molecule has 0 saturated carbocycles. The second-order valence-corrected chi connectivity index (χ2v) is 7.00. The molecule has 3 aromatic heterocycles. The van der Waals surface area contributed by atoms with Crippen molar-refractivity contribution in [2.75, 3.05) is 26.6 Å². The number of benzene rings is 1. The van der Waals surface area contributed by atoms with Crippen LogP contribution in [0.5, 0.6) is 17.2 Å². The zero-order chi connectivity index (χ0) is 19.7. The van der Waals surface area contributed by atoms with E-state index in [2.05, 4.69) is 20.4 Å². The van der Waals surface area contributed by atoms with Crippen LogP contribution in [0.3, 0.4) is 0 Å². The lowest BCUT2D eigenvalue weighted by atomic mass is 10.1. The molecular formula is C18H16ClN5O3S. The van der Waals surface area contributed by atoms with Gasteiger partial charge in [0.2, 0.25) is 11.0 Å². The number of aromatic nitrogens is 4. The van der Waals surface area contributed by atoms with Crippen molar-refractivity contribution in [1.82, 2.24) is 19.6 Å². The molecule has 3 heterocycles. The molecule has 0 unspecified atom stereocenters. The molecule has 0 fully saturated rings. The number of methoxy groups -OCH3 is 3. The summed E-state index contributed by atoms with van der Waals surface area (Å²) in [6, 6.07) is 7.53. The highest BCUT2D eigenvalue weighted by Crippen LogP contribution is 2.43. The Bertz CT molecular complexity index is 1120. The smallest absolute Gasteiger partial charge is 0.243 e. The number of ether oxygens (including phenoxy) is 3. The van der Waals surface area contributed by atoms with E-state index in [1.807, 2.05) is 24.3 Å². The summed E-state index contributed by atoms with van der Waals surface area (Å²) in [5.41, 5.74) is 1.70. The minimum Gasteiger partial charge on any atom is -0.493 e. The van der Waals surface area contributed by atoms with E-state index in [1.54, 1.807) is 38.2 Å². The molecule has 1 N–H and O–H groups in total. The molecular weight excluding hydrogens is 402 g/mol. The Labute approximate surface area is 169 Å². The maximum Gasteiger partial charge on any atom is 0.243 e. The predicted molar refractivity (Wildman–Crippen MR) is 108 cm³/mol. The van der Waals surface area contributed by atoms with E-state index >= 15 is 0 Å². The van der Waals surface area contributed by atoms with Gasteiger partial charge >= 0.3 is 0 Å². The summed E-state index contributed by atoms with van der Waals surface area (Å²) in [5.74, 6) is 2.29. The van der Waals surface area contributed by atoms with E-state index in [-0.39, 0.29) is 5.28 Å². The minimum absolute atomic E-state index is 0.146. The summed E-state index contributed by atoms with van der Waals surface area (Å²) in [6.45, 7) is 0. The van der Waals surface area contributed by atoms with Gasteiger partial charge in [-0.3, -0.25) is 0 Å². The summed E-state index contributed by atoms with van der Waals surface area (Å²) in [5, 5.41) is 8.14. The van der Waals surface area contributed by atoms with E-state index in [9.17, 15) is 0 Å². The van der Waals surface area contributed by atoms with Crippen molar-refractivity contribution in [3.63, 3.8) is 0 Å². The molecule has 0 aliphatic heterocycles. The topological polar surface area (TPSA) is 82.8 Å². The zero-order valence-electron chi connectivity index (χ0n) is 15.3. The summed E-state index contributed by atoms with van der Waals surface area (Å²) in [7, 11) is 4.74.